The Labute approximate surface area is 107 Å². The van der Waals surface area contributed by atoms with Gasteiger partial charge in [-0.2, -0.15) is 0 Å². The van der Waals surface area contributed by atoms with E-state index in [0.29, 0.717) is 6.41 Å². The zero-order valence-corrected chi connectivity index (χ0v) is 10.1. The van der Waals surface area contributed by atoms with Gasteiger partial charge in [-0.15, -0.1) is 0 Å². The molecule has 8 heteroatoms. The van der Waals surface area contributed by atoms with Crippen LogP contribution in [0.1, 0.15) is 0 Å². The number of nitro groups is 1. The first-order chi connectivity index (χ1) is 8.49. The van der Waals surface area contributed by atoms with E-state index >= 15 is 0 Å². The van der Waals surface area contributed by atoms with Gasteiger partial charge in [0.2, 0.25) is 6.41 Å². The molecule has 0 aromatic heterocycles. The number of carbonyl (C=O) groups excluding carboxylic acids is 2. The predicted octanol–water partition coefficient (Wildman–Crippen LogP) is 1.38. The highest BCUT2D eigenvalue weighted by Gasteiger charge is 2.17. The Hall–Kier alpha value is -2.15. The summed E-state index contributed by atoms with van der Waals surface area (Å²) in [5, 5.41) is 10.7. The molecule has 1 aromatic carbocycles. The smallest absolute Gasteiger partial charge is 0.325 e. The van der Waals surface area contributed by atoms with Gasteiger partial charge < -0.3 is 9.64 Å². The molecule has 0 aliphatic carbocycles. The third-order valence-corrected chi connectivity index (χ3v) is 2.42. The Morgan fingerprint density at radius 1 is 1.61 bits per heavy atom. The van der Waals surface area contributed by atoms with Gasteiger partial charge in [0, 0.05) is 12.1 Å². The number of hydrogen-bond donors (Lipinski definition) is 0. The molecule has 0 heterocycles. The van der Waals surface area contributed by atoms with Crippen molar-refractivity contribution >= 4 is 35.4 Å². The van der Waals surface area contributed by atoms with E-state index in [1.54, 1.807) is 0 Å². The Bertz CT molecular complexity index is 491. The van der Waals surface area contributed by atoms with Crippen molar-refractivity contribution in [1.82, 2.24) is 0 Å². The average molecular weight is 273 g/mol. The molecule has 0 unspecified atom stereocenters. The molecule has 1 rings (SSSR count). The number of methoxy groups -OCH3 is 1. The largest absolute Gasteiger partial charge is 0.468 e. The van der Waals surface area contributed by atoms with Gasteiger partial charge in [-0.05, 0) is 6.07 Å². The Kier molecular flexibility index (Phi) is 4.61. The minimum atomic E-state index is -0.662. The minimum absolute atomic E-state index is 0.0752. The van der Waals surface area contributed by atoms with Gasteiger partial charge in [-0.3, -0.25) is 19.7 Å². The first-order valence-corrected chi connectivity index (χ1v) is 5.10. The standard InChI is InChI=1S/C10H9ClN2O5/c1-18-10(15)5-12(6-14)9-4-7(13(16)17)2-3-8(9)11/h2-4,6H,5H2,1H3. The fourth-order valence-electron chi connectivity index (χ4n) is 1.22. The van der Waals surface area contributed by atoms with Crippen molar-refractivity contribution in [2.45, 2.75) is 0 Å². The van der Waals surface area contributed by atoms with E-state index in [1.807, 2.05) is 0 Å². The number of anilines is 1. The number of ether oxygens (including phenoxy) is 1. The summed E-state index contributed by atoms with van der Waals surface area (Å²) in [6.07, 6.45) is 0.349. The van der Waals surface area contributed by atoms with Crippen LogP contribution in [-0.4, -0.2) is 31.0 Å². The van der Waals surface area contributed by atoms with Crippen LogP contribution < -0.4 is 4.90 Å². The summed E-state index contributed by atoms with van der Waals surface area (Å²) < 4.78 is 4.41. The van der Waals surface area contributed by atoms with Crippen molar-refractivity contribution in [3.8, 4) is 0 Å². The van der Waals surface area contributed by atoms with Gasteiger partial charge in [0.15, 0.2) is 0 Å². The lowest BCUT2D eigenvalue weighted by Crippen LogP contribution is -2.29. The molecule has 0 N–H and O–H groups in total. The summed E-state index contributed by atoms with van der Waals surface area (Å²) in [6.45, 7) is -0.374. The molecular weight excluding hydrogens is 264 g/mol. The van der Waals surface area contributed by atoms with Gasteiger partial charge in [-0.25, -0.2) is 0 Å². The molecule has 1 amide bonds. The molecule has 0 aliphatic heterocycles. The number of rotatable bonds is 5. The number of nitro benzene ring substituents is 1. The van der Waals surface area contributed by atoms with Gasteiger partial charge >= 0.3 is 5.97 Å². The minimum Gasteiger partial charge on any atom is -0.468 e. The van der Waals surface area contributed by atoms with E-state index in [0.717, 1.165) is 11.0 Å². The molecule has 0 radical (unpaired) electrons. The van der Waals surface area contributed by atoms with Crippen LogP contribution >= 0.6 is 11.6 Å². The monoisotopic (exact) mass is 272 g/mol. The molecule has 7 nitrogen and oxygen atoms in total. The summed E-state index contributed by atoms with van der Waals surface area (Å²) in [6, 6.07) is 3.59. The molecule has 1 aromatic rings. The molecule has 0 bridgehead atoms. The highest BCUT2D eigenvalue weighted by Crippen LogP contribution is 2.29. The molecule has 18 heavy (non-hydrogen) atoms. The van der Waals surface area contributed by atoms with Crippen LogP contribution in [0.2, 0.25) is 5.02 Å². The lowest BCUT2D eigenvalue weighted by atomic mass is 10.2. The SMILES string of the molecule is COC(=O)CN(C=O)c1cc([N+](=O)[O-])ccc1Cl. The number of halogens is 1. The maximum absolute atomic E-state index is 11.1. The van der Waals surface area contributed by atoms with Gasteiger partial charge in [0.25, 0.3) is 5.69 Å². The predicted molar refractivity (Wildman–Crippen MR) is 63.5 cm³/mol. The number of hydrogen-bond acceptors (Lipinski definition) is 5. The number of esters is 1. The first-order valence-electron chi connectivity index (χ1n) is 4.72. The number of carbonyl (C=O) groups is 2. The Morgan fingerprint density at radius 3 is 2.78 bits per heavy atom. The van der Waals surface area contributed by atoms with E-state index in [9.17, 15) is 19.7 Å². The van der Waals surface area contributed by atoms with Gasteiger partial charge in [-0.1, -0.05) is 11.6 Å². The second kappa shape index (κ2) is 5.97. The quantitative estimate of drug-likeness (QED) is 0.350. The normalized spacial score (nSPS) is 9.67. The summed E-state index contributed by atoms with van der Waals surface area (Å²) >= 11 is 5.83. The van der Waals surface area contributed by atoms with Crippen molar-refractivity contribution < 1.29 is 19.2 Å². The summed E-state index contributed by atoms with van der Waals surface area (Å²) in [5.74, 6) is -0.662. The van der Waals surface area contributed by atoms with Crippen LogP contribution in [0.15, 0.2) is 18.2 Å². The Balaban J connectivity index is 3.11. The fourth-order valence-corrected chi connectivity index (χ4v) is 1.44. The second-order valence-electron chi connectivity index (χ2n) is 3.20. The van der Waals surface area contributed by atoms with Gasteiger partial charge in [0.1, 0.15) is 6.54 Å². The third-order valence-electron chi connectivity index (χ3n) is 2.10. The summed E-state index contributed by atoms with van der Waals surface area (Å²) in [4.78, 5) is 32.9. The van der Waals surface area contributed by atoms with Gasteiger partial charge in [0.05, 0.1) is 22.7 Å². The fraction of sp³-hybridized carbons (Fsp3) is 0.200. The number of amides is 1. The first kappa shape index (κ1) is 13.9. The highest BCUT2D eigenvalue weighted by molar-refractivity contribution is 6.33. The highest BCUT2D eigenvalue weighted by atomic mass is 35.5. The number of nitrogens with zero attached hydrogens (tertiary/aromatic N) is 2. The zero-order valence-electron chi connectivity index (χ0n) is 9.33. The van der Waals surface area contributed by atoms with Crippen LogP contribution in [0.4, 0.5) is 11.4 Å². The van der Waals surface area contributed by atoms with Crippen molar-refractivity contribution in [1.29, 1.82) is 0 Å². The van der Waals surface area contributed by atoms with Crippen LogP contribution in [0, 0.1) is 10.1 Å². The van der Waals surface area contributed by atoms with E-state index in [1.165, 1.54) is 19.2 Å². The van der Waals surface area contributed by atoms with Crippen LogP contribution in [-0.2, 0) is 14.3 Å². The van der Waals surface area contributed by atoms with Crippen molar-refractivity contribution in [2.24, 2.45) is 0 Å². The van der Waals surface area contributed by atoms with E-state index < -0.39 is 10.9 Å². The van der Waals surface area contributed by atoms with Crippen LogP contribution in [0.3, 0.4) is 0 Å². The molecule has 0 saturated carbocycles. The number of benzene rings is 1. The van der Waals surface area contributed by atoms with E-state index in [4.69, 9.17) is 11.6 Å². The van der Waals surface area contributed by atoms with Crippen LogP contribution in [0.5, 0.6) is 0 Å². The van der Waals surface area contributed by atoms with Crippen molar-refractivity contribution in [3.05, 3.63) is 33.3 Å². The lowest BCUT2D eigenvalue weighted by molar-refractivity contribution is -0.384. The van der Waals surface area contributed by atoms with Crippen molar-refractivity contribution in [3.63, 3.8) is 0 Å². The summed E-state index contributed by atoms with van der Waals surface area (Å²) in [5.41, 5.74) is -0.155. The van der Waals surface area contributed by atoms with Crippen molar-refractivity contribution in [2.75, 3.05) is 18.6 Å². The molecular formula is C10H9ClN2O5. The van der Waals surface area contributed by atoms with E-state index in [2.05, 4.69) is 4.74 Å². The third kappa shape index (κ3) is 3.17. The lowest BCUT2D eigenvalue weighted by Gasteiger charge is -2.16. The molecule has 0 aliphatic rings. The Morgan fingerprint density at radius 2 is 2.28 bits per heavy atom. The molecule has 0 fully saturated rings. The molecule has 0 spiro atoms. The van der Waals surface area contributed by atoms with E-state index in [-0.39, 0.29) is 22.9 Å². The maximum atomic E-state index is 11.1. The zero-order chi connectivity index (χ0) is 13.7. The molecule has 0 atom stereocenters. The molecule has 96 valence electrons. The molecule has 0 saturated heterocycles. The topological polar surface area (TPSA) is 89.8 Å². The van der Waals surface area contributed by atoms with Crippen LogP contribution in [0.25, 0.3) is 0 Å². The average Bonchev–Trinajstić information content (AvgIpc) is 2.36. The summed E-state index contributed by atoms with van der Waals surface area (Å²) in [7, 11) is 1.17. The number of non-ortho nitro benzene ring substituents is 1. The second-order valence-corrected chi connectivity index (χ2v) is 3.61. The maximum Gasteiger partial charge on any atom is 0.325 e.